The highest BCUT2D eigenvalue weighted by atomic mass is 19.1. The molecule has 0 spiro atoms. The van der Waals surface area contributed by atoms with Gasteiger partial charge in [0.05, 0.1) is 6.20 Å². The minimum absolute atomic E-state index is 0.303. The van der Waals surface area contributed by atoms with Gasteiger partial charge < -0.3 is 10.5 Å². The van der Waals surface area contributed by atoms with Crippen molar-refractivity contribution in [2.75, 3.05) is 5.73 Å². The quantitative estimate of drug-likeness (QED) is 0.804. The molecule has 3 nitrogen and oxygen atoms in total. The Bertz CT molecular complexity index is 474. The van der Waals surface area contributed by atoms with Crippen LogP contribution in [-0.2, 0) is 6.61 Å². The van der Waals surface area contributed by atoms with E-state index in [1.807, 2.05) is 0 Å². The number of ether oxygens (including phenoxy) is 1. The zero-order valence-corrected chi connectivity index (χ0v) is 8.56. The monoisotopic (exact) mass is 218 g/mol. The summed E-state index contributed by atoms with van der Waals surface area (Å²) in [4.78, 5) is 3.92. The molecule has 2 rings (SSSR count). The van der Waals surface area contributed by atoms with Crippen LogP contribution in [-0.4, -0.2) is 4.98 Å². The molecule has 0 bridgehead atoms. The van der Waals surface area contributed by atoms with Crippen molar-refractivity contribution in [2.24, 2.45) is 0 Å². The Morgan fingerprint density at radius 2 is 2.19 bits per heavy atom. The van der Waals surface area contributed by atoms with E-state index in [1.54, 1.807) is 30.6 Å². The maximum Gasteiger partial charge on any atom is 0.138 e. The van der Waals surface area contributed by atoms with Gasteiger partial charge in [0, 0.05) is 17.4 Å². The van der Waals surface area contributed by atoms with Crippen molar-refractivity contribution in [1.29, 1.82) is 0 Å². The first kappa shape index (κ1) is 10.4. The zero-order chi connectivity index (χ0) is 11.4. The molecule has 0 unspecified atom stereocenters. The molecule has 0 aliphatic rings. The standard InChI is InChI=1S/C12H11FN2O/c13-10-4-3-9(12(14)6-10)8-16-11-2-1-5-15-7-11/h1-7H,8,14H2. The predicted octanol–water partition coefficient (Wildman–Crippen LogP) is 2.38. The Morgan fingerprint density at radius 1 is 1.31 bits per heavy atom. The Labute approximate surface area is 92.7 Å². The number of benzene rings is 1. The van der Waals surface area contributed by atoms with Crippen LogP contribution in [0.2, 0.25) is 0 Å². The molecule has 1 heterocycles. The highest BCUT2D eigenvalue weighted by Gasteiger charge is 2.01. The summed E-state index contributed by atoms with van der Waals surface area (Å²) < 4.78 is 18.2. The molecule has 0 amide bonds. The van der Waals surface area contributed by atoms with E-state index < -0.39 is 0 Å². The van der Waals surface area contributed by atoms with Gasteiger partial charge in [-0.1, -0.05) is 6.07 Å². The van der Waals surface area contributed by atoms with Crippen LogP contribution >= 0.6 is 0 Å². The van der Waals surface area contributed by atoms with Crippen LogP contribution in [0.25, 0.3) is 0 Å². The van der Waals surface area contributed by atoms with Gasteiger partial charge in [0.1, 0.15) is 18.2 Å². The molecule has 4 heteroatoms. The lowest BCUT2D eigenvalue weighted by Gasteiger charge is -2.07. The van der Waals surface area contributed by atoms with Gasteiger partial charge in [-0.05, 0) is 24.3 Å². The van der Waals surface area contributed by atoms with E-state index >= 15 is 0 Å². The lowest BCUT2D eigenvalue weighted by Crippen LogP contribution is -2.00. The van der Waals surface area contributed by atoms with Gasteiger partial charge in [0.15, 0.2) is 0 Å². The van der Waals surface area contributed by atoms with Gasteiger partial charge in [0.25, 0.3) is 0 Å². The third-order valence-corrected chi connectivity index (χ3v) is 2.14. The van der Waals surface area contributed by atoms with Crippen LogP contribution in [0.1, 0.15) is 5.56 Å². The minimum Gasteiger partial charge on any atom is -0.487 e. The van der Waals surface area contributed by atoms with Crippen molar-refractivity contribution in [3.05, 3.63) is 54.1 Å². The van der Waals surface area contributed by atoms with Gasteiger partial charge in [-0.3, -0.25) is 4.98 Å². The summed E-state index contributed by atoms with van der Waals surface area (Å²) in [6.45, 7) is 0.303. The zero-order valence-electron chi connectivity index (χ0n) is 8.56. The predicted molar refractivity (Wildman–Crippen MR) is 59.4 cm³/mol. The molecule has 0 aliphatic carbocycles. The minimum atomic E-state index is -0.345. The first-order valence-corrected chi connectivity index (χ1v) is 4.82. The largest absolute Gasteiger partial charge is 0.487 e. The van der Waals surface area contributed by atoms with Crippen molar-refractivity contribution >= 4 is 5.69 Å². The third kappa shape index (κ3) is 2.48. The van der Waals surface area contributed by atoms with E-state index in [0.717, 1.165) is 5.56 Å². The second-order valence-corrected chi connectivity index (χ2v) is 3.32. The lowest BCUT2D eigenvalue weighted by molar-refractivity contribution is 0.305. The van der Waals surface area contributed by atoms with E-state index in [-0.39, 0.29) is 5.82 Å². The topological polar surface area (TPSA) is 48.1 Å². The Balaban J connectivity index is 2.05. The number of aromatic nitrogens is 1. The fourth-order valence-electron chi connectivity index (χ4n) is 1.29. The number of nitrogens with zero attached hydrogens (tertiary/aromatic N) is 1. The number of nitrogens with two attached hydrogens (primary N) is 1. The van der Waals surface area contributed by atoms with Crippen LogP contribution in [0.15, 0.2) is 42.7 Å². The second kappa shape index (κ2) is 4.61. The van der Waals surface area contributed by atoms with E-state index in [1.165, 1.54) is 12.1 Å². The van der Waals surface area contributed by atoms with Crippen LogP contribution in [0.3, 0.4) is 0 Å². The number of hydrogen-bond donors (Lipinski definition) is 1. The highest BCUT2D eigenvalue weighted by Crippen LogP contribution is 2.16. The molecule has 0 aliphatic heterocycles. The van der Waals surface area contributed by atoms with Gasteiger partial charge in [-0.15, -0.1) is 0 Å². The van der Waals surface area contributed by atoms with Crippen LogP contribution in [0.4, 0.5) is 10.1 Å². The van der Waals surface area contributed by atoms with Crippen LogP contribution in [0.5, 0.6) is 5.75 Å². The van der Waals surface area contributed by atoms with Gasteiger partial charge >= 0.3 is 0 Å². The molecule has 0 atom stereocenters. The SMILES string of the molecule is Nc1cc(F)ccc1COc1cccnc1. The first-order valence-electron chi connectivity index (χ1n) is 4.82. The molecular formula is C12H11FN2O. The van der Waals surface area contributed by atoms with Gasteiger partial charge in [-0.2, -0.15) is 0 Å². The number of nitrogen functional groups attached to an aromatic ring is 1. The number of halogens is 1. The summed E-state index contributed by atoms with van der Waals surface area (Å²) >= 11 is 0. The van der Waals surface area contributed by atoms with Crippen molar-refractivity contribution in [3.63, 3.8) is 0 Å². The van der Waals surface area contributed by atoms with Crippen molar-refractivity contribution in [2.45, 2.75) is 6.61 Å². The van der Waals surface area contributed by atoms with E-state index in [9.17, 15) is 4.39 Å². The Kier molecular flexibility index (Phi) is 3.00. The first-order chi connectivity index (χ1) is 7.75. The number of hydrogen-bond acceptors (Lipinski definition) is 3. The molecule has 0 fully saturated rings. The summed E-state index contributed by atoms with van der Waals surface area (Å²) in [6, 6.07) is 7.83. The average molecular weight is 218 g/mol. The lowest BCUT2D eigenvalue weighted by atomic mass is 10.2. The fourth-order valence-corrected chi connectivity index (χ4v) is 1.29. The summed E-state index contributed by atoms with van der Waals surface area (Å²) in [6.07, 6.45) is 3.28. The van der Waals surface area contributed by atoms with Crippen LogP contribution in [0, 0.1) is 5.82 Å². The Hall–Kier alpha value is -2.10. The van der Waals surface area contributed by atoms with Crippen LogP contribution < -0.4 is 10.5 Å². The van der Waals surface area contributed by atoms with E-state index in [4.69, 9.17) is 10.5 Å². The summed E-state index contributed by atoms with van der Waals surface area (Å²) in [5.74, 6) is 0.314. The molecule has 2 aromatic rings. The maximum absolute atomic E-state index is 12.8. The molecule has 16 heavy (non-hydrogen) atoms. The molecule has 0 saturated carbocycles. The number of rotatable bonds is 3. The van der Waals surface area contributed by atoms with Crippen molar-refractivity contribution < 1.29 is 9.13 Å². The smallest absolute Gasteiger partial charge is 0.138 e. The normalized spacial score (nSPS) is 10.1. The second-order valence-electron chi connectivity index (χ2n) is 3.32. The summed E-state index contributed by atoms with van der Waals surface area (Å²) in [5.41, 5.74) is 6.80. The summed E-state index contributed by atoms with van der Waals surface area (Å²) in [7, 11) is 0. The summed E-state index contributed by atoms with van der Waals surface area (Å²) in [5, 5.41) is 0. The average Bonchev–Trinajstić information content (AvgIpc) is 2.29. The third-order valence-electron chi connectivity index (χ3n) is 2.14. The molecule has 2 N–H and O–H groups in total. The molecule has 82 valence electrons. The molecule has 0 saturated heterocycles. The number of anilines is 1. The van der Waals surface area contributed by atoms with E-state index in [0.29, 0.717) is 18.0 Å². The molecule has 1 aromatic carbocycles. The van der Waals surface area contributed by atoms with Gasteiger partial charge in [-0.25, -0.2) is 4.39 Å². The van der Waals surface area contributed by atoms with Gasteiger partial charge in [0.2, 0.25) is 0 Å². The van der Waals surface area contributed by atoms with E-state index in [2.05, 4.69) is 4.98 Å². The Morgan fingerprint density at radius 3 is 2.88 bits per heavy atom. The van der Waals surface area contributed by atoms with Crippen molar-refractivity contribution in [1.82, 2.24) is 4.98 Å². The highest BCUT2D eigenvalue weighted by molar-refractivity contribution is 5.46. The fraction of sp³-hybridized carbons (Fsp3) is 0.0833. The number of pyridine rings is 1. The molecule has 1 aromatic heterocycles. The van der Waals surface area contributed by atoms with Crippen molar-refractivity contribution in [3.8, 4) is 5.75 Å². The maximum atomic E-state index is 12.8. The molecule has 0 radical (unpaired) electrons. The molecular weight excluding hydrogens is 207 g/mol.